The lowest BCUT2D eigenvalue weighted by molar-refractivity contribution is 0.405. The minimum atomic E-state index is -0.330. The lowest BCUT2D eigenvalue weighted by Crippen LogP contribution is -2.52. The van der Waals surface area contributed by atoms with E-state index in [-0.39, 0.29) is 41.8 Å². The molecule has 0 fully saturated rings. The van der Waals surface area contributed by atoms with Crippen LogP contribution in [0.5, 0.6) is 34.5 Å². The summed E-state index contributed by atoms with van der Waals surface area (Å²) in [6.07, 6.45) is 0. The van der Waals surface area contributed by atoms with Crippen molar-refractivity contribution < 1.29 is 30.6 Å². The van der Waals surface area contributed by atoms with Crippen LogP contribution in [0, 0.1) is 0 Å². The molecule has 2 aromatic heterocycles. The zero-order valence-electron chi connectivity index (χ0n) is 22.5. The molecule has 0 spiro atoms. The minimum absolute atomic E-state index is 0.0855. The number of rotatable bonds is 4. The molecule has 0 aliphatic heterocycles. The van der Waals surface area contributed by atoms with Gasteiger partial charge in [-0.25, -0.2) is 0 Å². The van der Waals surface area contributed by atoms with Crippen molar-refractivity contribution in [1.82, 2.24) is 30.0 Å². The van der Waals surface area contributed by atoms with Crippen LogP contribution >= 0.6 is 0 Å². The predicted molar refractivity (Wildman–Crippen MR) is 167 cm³/mol. The van der Waals surface area contributed by atoms with Crippen LogP contribution in [-0.4, -0.2) is 99.3 Å². The smallest absolute Gasteiger partial charge is 0.200 e. The number of hydrogen-bond donors (Lipinski definition) is 6. The molecule has 6 N–H and O–H groups in total. The topological polar surface area (TPSA) is 183 Å². The van der Waals surface area contributed by atoms with E-state index >= 15 is 0 Å². The molecule has 0 aliphatic carbocycles. The molecule has 0 aliphatic rings. The van der Waals surface area contributed by atoms with Crippen molar-refractivity contribution in [2.24, 2.45) is 0 Å². The summed E-state index contributed by atoms with van der Waals surface area (Å²) < 4.78 is 0. The second-order valence-electron chi connectivity index (χ2n) is 10.1. The Morgan fingerprint density at radius 3 is 1.07 bits per heavy atom. The zero-order chi connectivity index (χ0) is 29.3. The third-order valence-corrected chi connectivity index (χ3v) is 7.59. The summed E-state index contributed by atoms with van der Waals surface area (Å²) in [6.45, 7) is 0. The highest BCUT2D eigenvalue weighted by Crippen LogP contribution is 2.30. The number of hydrogen-bond acceptors (Lipinski definition) is 10. The molecular formula is C24H21B5N6O6. The van der Waals surface area contributed by atoms with Crippen LogP contribution in [0.2, 0.25) is 0 Å². The molecule has 41 heavy (non-hydrogen) atoms. The largest absolute Gasteiger partial charge is 0.506 e. The number of aromatic nitrogens is 6. The summed E-state index contributed by atoms with van der Waals surface area (Å²) in [5.74, 6) is -1.49. The quantitative estimate of drug-likeness (QED) is 0.0924. The van der Waals surface area contributed by atoms with Crippen LogP contribution in [0.15, 0.2) is 36.4 Å². The second kappa shape index (κ2) is 9.18. The van der Waals surface area contributed by atoms with Crippen molar-refractivity contribution in [2.45, 2.75) is 0 Å². The van der Waals surface area contributed by atoms with Gasteiger partial charge in [-0.3, -0.25) is 0 Å². The van der Waals surface area contributed by atoms with E-state index in [0.29, 0.717) is 44.4 Å². The van der Waals surface area contributed by atoms with Crippen molar-refractivity contribution in [3.8, 4) is 45.9 Å². The highest BCUT2D eigenvalue weighted by Gasteiger charge is 2.23. The first kappa shape index (κ1) is 26.0. The standard InChI is InChI=1S/C24H21B5N6O6/c25-7-1-13(34-30-9-3-15(36)16(37)4-10(9)31-34)23(40)21(19(7)27)29-22-20(28)8(26)2-14(24(22)41)35-32-11-5-17(38)18(39)6-12(11)33-35/h1-6,29,36-41H,25-28H2. The number of benzene rings is 4. The number of aromatic hydroxyl groups is 6. The molecule has 0 atom stereocenters. The summed E-state index contributed by atoms with van der Waals surface area (Å²) >= 11 is 0. The van der Waals surface area contributed by atoms with Gasteiger partial charge >= 0.3 is 0 Å². The van der Waals surface area contributed by atoms with E-state index in [0.717, 1.165) is 21.9 Å². The van der Waals surface area contributed by atoms with Gasteiger partial charge in [0.1, 0.15) is 76.3 Å². The second-order valence-corrected chi connectivity index (χ2v) is 10.1. The average Bonchev–Trinajstić information content (AvgIpc) is 3.51. The normalized spacial score (nSPS) is 11.4. The molecule has 4 aromatic carbocycles. The Balaban J connectivity index is 1.48. The van der Waals surface area contributed by atoms with E-state index in [9.17, 15) is 30.6 Å². The van der Waals surface area contributed by atoms with Gasteiger partial charge < -0.3 is 30.6 Å². The summed E-state index contributed by atoms with van der Waals surface area (Å²) in [7, 11) is 7.69. The molecule has 0 radical (unpaired) electrons. The molecule has 0 saturated heterocycles. The van der Waals surface area contributed by atoms with Crippen molar-refractivity contribution >= 4 is 93.5 Å². The first-order valence-electron chi connectivity index (χ1n) is 12.7. The Morgan fingerprint density at radius 2 is 0.780 bits per heavy atom. The Bertz CT molecular complexity index is 1840. The first-order chi connectivity index (χ1) is 19.4. The fraction of sp³-hybridized carbons (Fsp3) is 0. The van der Waals surface area contributed by atoms with E-state index in [1.165, 1.54) is 33.9 Å². The average molecular weight is 544 g/mol. The third-order valence-electron chi connectivity index (χ3n) is 7.59. The van der Waals surface area contributed by atoms with Crippen LogP contribution in [-0.2, 0) is 0 Å². The Hall–Kier alpha value is -5.20. The third kappa shape index (κ3) is 4.17. The van der Waals surface area contributed by atoms with Crippen molar-refractivity contribution in [1.29, 1.82) is 0 Å². The van der Waals surface area contributed by atoms with Gasteiger partial charge in [-0.1, -0.05) is 21.9 Å². The summed E-state index contributed by atoms with van der Waals surface area (Å²) in [4.78, 5) is 2.49. The van der Waals surface area contributed by atoms with Crippen molar-refractivity contribution in [2.75, 3.05) is 0 Å². The number of nitrogens with zero attached hydrogens (tertiary/aromatic N) is 6. The fourth-order valence-corrected chi connectivity index (χ4v) is 4.92. The molecule has 2 heterocycles. The molecule has 0 amide bonds. The molecule has 0 saturated carbocycles. The zero-order valence-corrected chi connectivity index (χ0v) is 22.5. The van der Waals surface area contributed by atoms with Gasteiger partial charge in [0.05, 0.1) is 0 Å². The molecule has 12 nitrogen and oxygen atoms in total. The van der Waals surface area contributed by atoms with Gasteiger partial charge in [0, 0.05) is 24.3 Å². The Labute approximate surface area is 236 Å². The van der Waals surface area contributed by atoms with E-state index in [1.54, 1.807) is 12.1 Å². The van der Waals surface area contributed by atoms with Gasteiger partial charge in [-0.15, -0.1) is 30.0 Å². The lowest BCUT2D eigenvalue weighted by atomic mass is 9.53. The SMILES string of the molecule is Bc1cc(-n2nc3cc(O)c(O)cc3n2)c(O)c(Bc2c(B)c(B)cc(-n3nc4cc(O)c(O)cc4n3)c2O)c1B. The van der Waals surface area contributed by atoms with Crippen LogP contribution in [0.1, 0.15) is 0 Å². The summed E-state index contributed by atoms with van der Waals surface area (Å²) in [5, 5.41) is 79.8. The predicted octanol–water partition coefficient (Wildman–Crippen LogP) is -6.19. The molecule has 6 aromatic rings. The van der Waals surface area contributed by atoms with Crippen LogP contribution < -0.4 is 32.8 Å². The highest BCUT2D eigenvalue weighted by molar-refractivity contribution is 6.79. The maximum atomic E-state index is 11.5. The minimum Gasteiger partial charge on any atom is -0.506 e. The molecule has 198 valence electrons. The number of phenols is 6. The molecule has 17 heteroatoms. The van der Waals surface area contributed by atoms with E-state index in [2.05, 4.69) is 20.4 Å². The van der Waals surface area contributed by atoms with Crippen LogP contribution in [0.25, 0.3) is 33.4 Å². The van der Waals surface area contributed by atoms with Gasteiger partial charge in [-0.2, -0.15) is 0 Å². The van der Waals surface area contributed by atoms with E-state index in [4.69, 9.17) is 0 Å². The summed E-state index contributed by atoms with van der Waals surface area (Å²) in [6, 6.07) is 8.64. The molecule has 0 unspecified atom stereocenters. The van der Waals surface area contributed by atoms with Crippen LogP contribution in [0.4, 0.5) is 0 Å². The maximum Gasteiger partial charge on any atom is 0.200 e. The Kier molecular flexibility index (Phi) is 5.84. The number of phenolic OH excluding ortho intramolecular Hbond substituents is 6. The Morgan fingerprint density at radius 1 is 0.488 bits per heavy atom. The van der Waals surface area contributed by atoms with Gasteiger partial charge in [-0.05, 0) is 23.1 Å². The summed E-state index contributed by atoms with van der Waals surface area (Å²) in [5.41, 5.74) is 6.34. The first-order valence-corrected chi connectivity index (χ1v) is 12.7. The molecule has 6 rings (SSSR count). The highest BCUT2D eigenvalue weighted by atomic mass is 16.3. The van der Waals surface area contributed by atoms with Gasteiger partial charge in [0.25, 0.3) is 0 Å². The van der Waals surface area contributed by atoms with Crippen molar-refractivity contribution in [3.05, 3.63) is 36.4 Å². The van der Waals surface area contributed by atoms with E-state index < -0.39 is 0 Å². The lowest BCUT2D eigenvalue weighted by Gasteiger charge is -2.19. The van der Waals surface area contributed by atoms with Crippen LogP contribution in [0.3, 0.4) is 0 Å². The molecule has 0 bridgehead atoms. The number of fused-ring (bicyclic) bond motifs is 2. The fourth-order valence-electron chi connectivity index (χ4n) is 4.92. The monoisotopic (exact) mass is 544 g/mol. The van der Waals surface area contributed by atoms with E-state index in [1.807, 2.05) is 31.4 Å². The van der Waals surface area contributed by atoms with Gasteiger partial charge in [0.2, 0.25) is 7.28 Å². The van der Waals surface area contributed by atoms with Crippen molar-refractivity contribution in [3.63, 3.8) is 0 Å². The maximum absolute atomic E-state index is 11.5. The molecular weight excluding hydrogens is 522 g/mol. The van der Waals surface area contributed by atoms with Gasteiger partial charge in [0.15, 0.2) is 23.0 Å².